The number of hydrogen-bond acceptors (Lipinski definition) is 5. The number of rotatable bonds is 5. The zero-order chi connectivity index (χ0) is 13.9. The molecule has 19 heavy (non-hydrogen) atoms. The zero-order valence-corrected chi connectivity index (χ0v) is 12.0. The minimum Gasteiger partial charge on any atom is -0.464 e. The normalized spacial score (nSPS) is 11.5. The molecule has 2 aromatic heterocycles. The molecular formula is C13H17N3O2S. The van der Waals surface area contributed by atoms with Gasteiger partial charge in [-0.05, 0) is 26.0 Å². The van der Waals surface area contributed by atoms with Crippen LogP contribution in [0.5, 0.6) is 0 Å². The quantitative estimate of drug-likeness (QED) is 0.824. The number of nitrogens with zero attached hydrogens (tertiary/aromatic N) is 1. The summed E-state index contributed by atoms with van der Waals surface area (Å²) in [6.07, 6.45) is 1.80. The third-order valence-electron chi connectivity index (χ3n) is 2.84. The molecule has 0 bridgehead atoms. The smallest absolute Gasteiger partial charge is 0.354 e. The fourth-order valence-electron chi connectivity index (χ4n) is 1.70. The first kappa shape index (κ1) is 13.8. The molecule has 5 nitrogen and oxygen atoms in total. The molecule has 2 N–H and O–H groups in total. The van der Waals surface area contributed by atoms with E-state index in [1.54, 1.807) is 23.6 Å². The summed E-state index contributed by atoms with van der Waals surface area (Å²) in [6, 6.07) is 3.59. The van der Waals surface area contributed by atoms with E-state index in [1.165, 1.54) is 7.11 Å². The first-order valence-electron chi connectivity index (χ1n) is 5.94. The molecular weight excluding hydrogens is 262 g/mol. The largest absolute Gasteiger partial charge is 0.464 e. The molecule has 2 aromatic rings. The number of thiazole rings is 1. The van der Waals surface area contributed by atoms with Crippen molar-refractivity contribution in [3.63, 3.8) is 0 Å². The third kappa shape index (κ3) is 3.21. The van der Waals surface area contributed by atoms with Gasteiger partial charge in [0.2, 0.25) is 0 Å². The van der Waals surface area contributed by atoms with Gasteiger partial charge in [0.1, 0.15) is 10.7 Å². The molecule has 0 amide bonds. The zero-order valence-electron chi connectivity index (χ0n) is 11.2. The minimum atomic E-state index is -0.356. The van der Waals surface area contributed by atoms with E-state index in [9.17, 15) is 4.79 Å². The summed E-state index contributed by atoms with van der Waals surface area (Å²) in [5.74, 6) is -0.356. The lowest BCUT2D eigenvalue weighted by Crippen LogP contribution is -2.35. The summed E-state index contributed by atoms with van der Waals surface area (Å²) in [4.78, 5) is 18.7. The summed E-state index contributed by atoms with van der Waals surface area (Å²) in [5.41, 5.74) is 1.20. The van der Waals surface area contributed by atoms with Crippen molar-refractivity contribution in [1.82, 2.24) is 15.3 Å². The molecule has 0 aromatic carbocycles. The highest BCUT2D eigenvalue weighted by Gasteiger charge is 2.22. The molecule has 2 rings (SSSR count). The van der Waals surface area contributed by atoms with E-state index < -0.39 is 0 Å². The standard InChI is InChI=1S/C13H17N3O2S/c1-13(2,12-14-6-7-19-12)15-8-9-4-5-10(16-9)11(17)18-3/h4-7,15-16H,8H2,1-3H3. The van der Waals surface area contributed by atoms with Gasteiger partial charge in [-0.25, -0.2) is 9.78 Å². The van der Waals surface area contributed by atoms with Crippen LogP contribution in [0.1, 0.15) is 35.0 Å². The number of methoxy groups -OCH3 is 1. The van der Waals surface area contributed by atoms with E-state index in [1.807, 2.05) is 11.4 Å². The number of H-pyrrole nitrogens is 1. The molecule has 6 heteroatoms. The van der Waals surface area contributed by atoms with Crippen molar-refractivity contribution in [3.05, 3.63) is 40.1 Å². The van der Waals surface area contributed by atoms with Gasteiger partial charge in [0, 0.05) is 23.8 Å². The van der Waals surface area contributed by atoms with Crippen molar-refractivity contribution in [3.8, 4) is 0 Å². The molecule has 102 valence electrons. The summed E-state index contributed by atoms with van der Waals surface area (Å²) in [5, 5.41) is 6.41. The fraction of sp³-hybridized carbons (Fsp3) is 0.385. The summed E-state index contributed by atoms with van der Waals surface area (Å²) in [6.45, 7) is 4.79. The molecule has 0 spiro atoms. The summed E-state index contributed by atoms with van der Waals surface area (Å²) >= 11 is 1.62. The van der Waals surface area contributed by atoms with Crippen LogP contribution in [-0.4, -0.2) is 23.0 Å². The van der Waals surface area contributed by atoms with Gasteiger partial charge < -0.3 is 15.0 Å². The van der Waals surface area contributed by atoms with Crippen LogP contribution in [0.4, 0.5) is 0 Å². The van der Waals surface area contributed by atoms with Crippen LogP contribution in [0.3, 0.4) is 0 Å². The summed E-state index contributed by atoms with van der Waals surface area (Å²) in [7, 11) is 1.37. The number of aromatic nitrogens is 2. The molecule has 0 saturated heterocycles. The molecule has 0 saturated carbocycles. The molecule has 0 aliphatic carbocycles. The topological polar surface area (TPSA) is 67.0 Å². The van der Waals surface area contributed by atoms with Gasteiger partial charge in [-0.2, -0.15) is 0 Å². The minimum absolute atomic E-state index is 0.204. The number of ether oxygens (including phenoxy) is 1. The van der Waals surface area contributed by atoms with Crippen LogP contribution in [0.25, 0.3) is 0 Å². The van der Waals surface area contributed by atoms with Crippen LogP contribution in [-0.2, 0) is 16.8 Å². The van der Waals surface area contributed by atoms with Gasteiger partial charge in [-0.15, -0.1) is 11.3 Å². The Hall–Kier alpha value is -1.66. The van der Waals surface area contributed by atoms with E-state index in [2.05, 4.69) is 33.9 Å². The Balaban J connectivity index is 1.99. The SMILES string of the molecule is COC(=O)c1ccc(CNC(C)(C)c2nccs2)[nH]1. The highest BCUT2D eigenvalue weighted by Crippen LogP contribution is 2.22. The Morgan fingerprint density at radius 1 is 1.53 bits per heavy atom. The van der Waals surface area contributed by atoms with Crippen LogP contribution < -0.4 is 5.32 Å². The van der Waals surface area contributed by atoms with Gasteiger partial charge in [-0.1, -0.05) is 0 Å². The van der Waals surface area contributed by atoms with Crippen molar-refractivity contribution in [2.75, 3.05) is 7.11 Å². The number of aromatic amines is 1. The van der Waals surface area contributed by atoms with Crippen molar-refractivity contribution >= 4 is 17.3 Å². The Kier molecular flexibility index (Phi) is 4.01. The monoisotopic (exact) mass is 279 g/mol. The maximum Gasteiger partial charge on any atom is 0.354 e. The molecule has 0 atom stereocenters. The fourth-order valence-corrected chi connectivity index (χ4v) is 2.44. The van der Waals surface area contributed by atoms with E-state index >= 15 is 0 Å². The second-order valence-corrected chi connectivity index (χ2v) is 5.60. The highest BCUT2D eigenvalue weighted by atomic mass is 32.1. The third-order valence-corrected chi connectivity index (χ3v) is 3.94. The van der Waals surface area contributed by atoms with Gasteiger partial charge in [0.15, 0.2) is 0 Å². The van der Waals surface area contributed by atoms with Crippen LogP contribution in [0.15, 0.2) is 23.7 Å². The average molecular weight is 279 g/mol. The summed E-state index contributed by atoms with van der Waals surface area (Å²) < 4.78 is 4.65. The number of hydrogen-bond donors (Lipinski definition) is 2. The molecule has 0 fully saturated rings. The highest BCUT2D eigenvalue weighted by molar-refractivity contribution is 7.09. The maximum absolute atomic E-state index is 11.3. The molecule has 0 aliphatic rings. The lowest BCUT2D eigenvalue weighted by molar-refractivity contribution is 0.0594. The first-order chi connectivity index (χ1) is 9.03. The van der Waals surface area contributed by atoms with Gasteiger partial charge in [-0.3, -0.25) is 0 Å². The van der Waals surface area contributed by atoms with Crippen molar-refractivity contribution in [1.29, 1.82) is 0 Å². The van der Waals surface area contributed by atoms with Crippen molar-refractivity contribution < 1.29 is 9.53 Å². The molecule has 0 aliphatic heterocycles. The Morgan fingerprint density at radius 3 is 2.95 bits per heavy atom. The predicted molar refractivity (Wildman–Crippen MR) is 74.1 cm³/mol. The lowest BCUT2D eigenvalue weighted by Gasteiger charge is -2.23. The maximum atomic E-state index is 11.3. The second-order valence-electron chi connectivity index (χ2n) is 4.70. The Labute approximate surface area is 116 Å². The first-order valence-corrected chi connectivity index (χ1v) is 6.82. The van der Waals surface area contributed by atoms with E-state index in [-0.39, 0.29) is 11.5 Å². The second kappa shape index (κ2) is 5.54. The number of carbonyl (C=O) groups excluding carboxylic acids is 1. The van der Waals surface area contributed by atoms with Gasteiger partial charge in [0.05, 0.1) is 12.6 Å². The average Bonchev–Trinajstić information content (AvgIpc) is 3.06. The lowest BCUT2D eigenvalue weighted by atomic mass is 10.1. The molecule has 2 heterocycles. The van der Waals surface area contributed by atoms with E-state index in [4.69, 9.17) is 0 Å². The van der Waals surface area contributed by atoms with Crippen LogP contribution in [0, 0.1) is 0 Å². The Morgan fingerprint density at radius 2 is 2.32 bits per heavy atom. The van der Waals surface area contributed by atoms with E-state index in [0.29, 0.717) is 12.2 Å². The number of nitrogens with one attached hydrogen (secondary N) is 2. The van der Waals surface area contributed by atoms with E-state index in [0.717, 1.165) is 10.7 Å². The number of esters is 1. The van der Waals surface area contributed by atoms with Crippen molar-refractivity contribution in [2.24, 2.45) is 0 Å². The Bertz CT molecular complexity index is 546. The van der Waals surface area contributed by atoms with Crippen LogP contribution in [0.2, 0.25) is 0 Å². The van der Waals surface area contributed by atoms with Crippen LogP contribution >= 0.6 is 11.3 Å². The predicted octanol–water partition coefficient (Wildman–Crippen LogP) is 2.28. The van der Waals surface area contributed by atoms with Gasteiger partial charge >= 0.3 is 5.97 Å². The van der Waals surface area contributed by atoms with Gasteiger partial charge in [0.25, 0.3) is 0 Å². The number of carbonyl (C=O) groups is 1. The van der Waals surface area contributed by atoms with Crippen molar-refractivity contribution in [2.45, 2.75) is 25.9 Å². The molecule has 0 radical (unpaired) electrons. The molecule has 0 unspecified atom stereocenters.